The molecule has 0 bridgehead atoms. The first-order chi connectivity index (χ1) is 9.44. The van der Waals surface area contributed by atoms with Gasteiger partial charge in [-0.25, -0.2) is 0 Å². The largest absolute Gasteiger partial charge is 0.370 e. The number of rotatable bonds is 1. The molecule has 1 fully saturated rings. The number of hydrogen-bond acceptors (Lipinski definition) is 3. The lowest BCUT2D eigenvalue weighted by Gasteiger charge is -2.49. The molecule has 110 valence electrons. The van der Waals surface area contributed by atoms with Gasteiger partial charge in [-0.2, -0.15) is 0 Å². The van der Waals surface area contributed by atoms with E-state index < -0.39 is 0 Å². The van der Waals surface area contributed by atoms with E-state index >= 15 is 0 Å². The third-order valence-corrected chi connectivity index (χ3v) is 5.24. The van der Waals surface area contributed by atoms with Crippen LogP contribution in [-0.4, -0.2) is 29.1 Å². The molecule has 2 heterocycles. The smallest absolute Gasteiger partial charge is 0.173 e. The number of Topliss-reactive ketones (excluding diaryl/α,β-unsaturated/α-hetero) is 2. The topological polar surface area (TPSA) is 37.4 Å². The van der Waals surface area contributed by atoms with Gasteiger partial charge in [0.2, 0.25) is 0 Å². The van der Waals surface area contributed by atoms with Gasteiger partial charge in [-0.1, -0.05) is 20.8 Å². The van der Waals surface area contributed by atoms with Crippen LogP contribution < -0.4 is 0 Å². The van der Waals surface area contributed by atoms with Crippen molar-refractivity contribution in [1.82, 2.24) is 4.90 Å². The maximum Gasteiger partial charge on any atom is 0.173 e. The number of hydrogen-bond donors (Lipinski definition) is 0. The monoisotopic (exact) mass is 275 g/mol. The average molecular weight is 275 g/mol. The van der Waals surface area contributed by atoms with E-state index in [2.05, 4.69) is 25.7 Å². The van der Waals surface area contributed by atoms with Crippen molar-refractivity contribution in [2.24, 2.45) is 11.3 Å². The molecule has 0 radical (unpaired) electrons. The molecule has 0 spiro atoms. The highest BCUT2D eigenvalue weighted by atomic mass is 16.2. The molecule has 3 aliphatic rings. The van der Waals surface area contributed by atoms with Gasteiger partial charge in [0.1, 0.15) is 0 Å². The second kappa shape index (κ2) is 4.71. The molecule has 1 saturated heterocycles. The normalized spacial score (nSPS) is 33.0. The third-order valence-electron chi connectivity index (χ3n) is 5.24. The Morgan fingerprint density at radius 1 is 1.20 bits per heavy atom. The fourth-order valence-electron chi connectivity index (χ4n) is 4.34. The van der Waals surface area contributed by atoms with Crippen molar-refractivity contribution in [2.75, 3.05) is 6.54 Å². The lowest BCUT2D eigenvalue weighted by Crippen LogP contribution is -2.53. The molecule has 3 rings (SSSR count). The predicted molar refractivity (Wildman–Crippen MR) is 78.2 cm³/mol. The summed E-state index contributed by atoms with van der Waals surface area (Å²) in [6.45, 7) is 7.39. The summed E-state index contributed by atoms with van der Waals surface area (Å²) in [7, 11) is 0. The van der Waals surface area contributed by atoms with Gasteiger partial charge in [0.05, 0.1) is 5.57 Å². The van der Waals surface area contributed by atoms with Gasteiger partial charge in [-0.3, -0.25) is 9.59 Å². The minimum Gasteiger partial charge on any atom is -0.370 e. The summed E-state index contributed by atoms with van der Waals surface area (Å²) >= 11 is 0. The van der Waals surface area contributed by atoms with Crippen LogP contribution >= 0.6 is 0 Å². The Balaban J connectivity index is 2.08. The third kappa shape index (κ3) is 2.02. The number of ketones is 2. The van der Waals surface area contributed by atoms with Crippen molar-refractivity contribution >= 4 is 11.6 Å². The second-order valence-corrected chi connectivity index (χ2v) is 7.40. The van der Waals surface area contributed by atoms with Gasteiger partial charge in [0.25, 0.3) is 0 Å². The maximum atomic E-state index is 12.8. The summed E-state index contributed by atoms with van der Waals surface area (Å²) in [6.07, 6.45) is 5.76. The van der Waals surface area contributed by atoms with Gasteiger partial charge in [-0.05, 0) is 37.5 Å². The predicted octanol–water partition coefficient (Wildman–Crippen LogP) is 3.09. The molecule has 20 heavy (non-hydrogen) atoms. The molecular formula is C17H25NO2. The molecule has 2 atom stereocenters. The van der Waals surface area contributed by atoms with Crippen LogP contribution in [0.15, 0.2) is 11.3 Å². The molecule has 0 N–H and O–H groups in total. The number of carbonyl (C=O) groups is 2. The van der Waals surface area contributed by atoms with Crippen molar-refractivity contribution in [3.8, 4) is 0 Å². The molecule has 3 nitrogen and oxygen atoms in total. The zero-order chi connectivity index (χ0) is 14.5. The van der Waals surface area contributed by atoms with E-state index in [-0.39, 0.29) is 22.9 Å². The molecule has 2 aliphatic heterocycles. The highest BCUT2D eigenvalue weighted by molar-refractivity contribution is 6.22. The SMILES string of the molecule is CCC1C(=O)C2=C(CC(C)(C)CC2=O)N2CCCCC12. The van der Waals surface area contributed by atoms with Crippen LogP contribution in [0.3, 0.4) is 0 Å². The van der Waals surface area contributed by atoms with Crippen LogP contribution in [0, 0.1) is 11.3 Å². The summed E-state index contributed by atoms with van der Waals surface area (Å²) in [6, 6.07) is 0.349. The standard InChI is InChI=1S/C17H25NO2/c1-4-11-12-7-5-6-8-18(12)13-9-17(2,3)10-14(19)15(13)16(11)20/h11-12H,4-10H2,1-3H3. The first-order valence-corrected chi connectivity index (χ1v) is 8.02. The molecule has 0 aromatic carbocycles. The van der Waals surface area contributed by atoms with E-state index in [1.807, 2.05) is 0 Å². The molecular weight excluding hydrogens is 250 g/mol. The summed E-state index contributed by atoms with van der Waals surface area (Å²) in [4.78, 5) is 27.7. The summed E-state index contributed by atoms with van der Waals surface area (Å²) in [5.41, 5.74) is 1.64. The average Bonchev–Trinajstić information content (AvgIpc) is 2.37. The van der Waals surface area contributed by atoms with Gasteiger partial charge < -0.3 is 4.90 Å². The second-order valence-electron chi connectivity index (χ2n) is 7.40. The van der Waals surface area contributed by atoms with Gasteiger partial charge >= 0.3 is 0 Å². The zero-order valence-electron chi connectivity index (χ0n) is 12.9. The number of carbonyl (C=O) groups excluding carboxylic acids is 2. The molecule has 2 unspecified atom stereocenters. The lowest BCUT2D eigenvalue weighted by molar-refractivity contribution is -0.129. The van der Waals surface area contributed by atoms with E-state index in [9.17, 15) is 9.59 Å². The Kier molecular flexibility index (Phi) is 3.26. The van der Waals surface area contributed by atoms with Crippen molar-refractivity contribution < 1.29 is 9.59 Å². The summed E-state index contributed by atoms with van der Waals surface area (Å²) < 4.78 is 0. The van der Waals surface area contributed by atoms with Crippen molar-refractivity contribution in [3.05, 3.63) is 11.3 Å². The van der Waals surface area contributed by atoms with Gasteiger partial charge in [0.15, 0.2) is 11.6 Å². The van der Waals surface area contributed by atoms with E-state index in [1.54, 1.807) is 0 Å². The number of nitrogens with zero attached hydrogens (tertiary/aromatic N) is 1. The summed E-state index contributed by atoms with van der Waals surface area (Å²) in [5, 5.41) is 0. The zero-order valence-corrected chi connectivity index (χ0v) is 12.9. The Labute approximate surface area is 121 Å². The van der Waals surface area contributed by atoms with E-state index in [1.165, 1.54) is 12.8 Å². The summed E-state index contributed by atoms with van der Waals surface area (Å²) in [5.74, 6) is 0.272. The van der Waals surface area contributed by atoms with Crippen LogP contribution in [0.2, 0.25) is 0 Å². The van der Waals surface area contributed by atoms with E-state index in [0.717, 1.165) is 31.5 Å². The van der Waals surface area contributed by atoms with Crippen LogP contribution in [0.4, 0.5) is 0 Å². The Morgan fingerprint density at radius 2 is 1.95 bits per heavy atom. The minimum atomic E-state index is -0.00273. The molecule has 0 saturated carbocycles. The minimum absolute atomic E-state index is 0.00273. The van der Waals surface area contributed by atoms with Crippen molar-refractivity contribution in [1.29, 1.82) is 0 Å². The van der Waals surface area contributed by atoms with Crippen LogP contribution in [0.5, 0.6) is 0 Å². The molecule has 0 aromatic heterocycles. The molecule has 1 aliphatic carbocycles. The maximum absolute atomic E-state index is 12.8. The van der Waals surface area contributed by atoms with Crippen LogP contribution in [0.25, 0.3) is 0 Å². The van der Waals surface area contributed by atoms with Crippen molar-refractivity contribution in [3.63, 3.8) is 0 Å². The van der Waals surface area contributed by atoms with Crippen LogP contribution in [0.1, 0.15) is 59.3 Å². The highest BCUT2D eigenvalue weighted by Crippen LogP contribution is 2.45. The first kappa shape index (κ1) is 13.8. The van der Waals surface area contributed by atoms with Crippen LogP contribution in [-0.2, 0) is 9.59 Å². The van der Waals surface area contributed by atoms with E-state index in [0.29, 0.717) is 18.0 Å². The number of allylic oxidation sites excluding steroid dienone is 2. The Bertz CT molecular complexity index is 489. The van der Waals surface area contributed by atoms with E-state index in [4.69, 9.17) is 0 Å². The quantitative estimate of drug-likeness (QED) is 0.690. The van der Waals surface area contributed by atoms with Crippen molar-refractivity contribution in [2.45, 2.75) is 65.3 Å². The number of fused-ring (bicyclic) bond motifs is 2. The molecule has 3 heteroatoms. The Morgan fingerprint density at radius 3 is 2.65 bits per heavy atom. The van der Waals surface area contributed by atoms with Gasteiger partial charge in [-0.15, -0.1) is 0 Å². The Hall–Kier alpha value is -1.12. The fraction of sp³-hybridized carbons (Fsp3) is 0.765. The number of piperidine rings is 1. The molecule has 0 amide bonds. The fourth-order valence-corrected chi connectivity index (χ4v) is 4.34. The lowest BCUT2D eigenvalue weighted by atomic mass is 9.68. The molecule has 0 aromatic rings. The highest BCUT2D eigenvalue weighted by Gasteiger charge is 2.47. The van der Waals surface area contributed by atoms with Gasteiger partial charge in [0, 0.05) is 30.6 Å². The first-order valence-electron chi connectivity index (χ1n) is 8.02.